The summed E-state index contributed by atoms with van der Waals surface area (Å²) in [7, 11) is 0. The lowest BCUT2D eigenvalue weighted by Gasteiger charge is -2.08. The summed E-state index contributed by atoms with van der Waals surface area (Å²) in [6.07, 6.45) is 2.41. The van der Waals surface area contributed by atoms with E-state index in [0.29, 0.717) is 35.3 Å². The number of benzene rings is 1. The molecule has 2 amide bonds. The Morgan fingerprint density at radius 2 is 1.96 bits per heavy atom. The number of hydrogen-bond acceptors (Lipinski definition) is 3. The monoisotopic (exact) mass is 329 g/mol. The SMILES string of the molecule is CCC(=O)Nc1cc(C(=O)NCc2ccc(CC)c(F)c2)ccn1. The van der Waals surface area contributed by atoms with Crippen molar-refractivity contribution in [2.24, 2.45) is 0 Å². The Kier molecular flexibility index (Phi) is 6.01. The molecule has 0 fully saturated rings. The van der Waals surface area contributed by atoms with Gasteiger partial charge in [0, 0.05) is 24.7 Å². The van der Waals surface area contributed by atoms with E-state index in [1.165, 1.54) is 18.3 Å². The van der Waals surface area contributed by atoms with Crippen molar-refractivity contribution in [3.8, 4) is 0 Å². The average molecular weight is 329 g/mol. The maximum absolute atomic E-state index is 13.7. The molecule has 2 rings (SSSR count). The third-order valence-corrected chi connectivity index (χ3v) is 3.56. The molecule has 2 aromatic rings. The highest BCUT2D eigenvalue weighted by molar-refractivity contribution is 5.96. The Bertz CT molecular complexity index is 747. The van der Waals surface area contributed by atoms with E-state index < -0.39 is 0 Å². The van der Waals surface area contributed by atoms with E-state index in [4.69, 9.17) is 0 Å². The van der Waals surface area contributed by atoms with E-state index in [-0.39, 0.29) is 24.2 Å². The molecular weight excluding hydrogens is 309 g/mol. The molecule has 6 heteroatoms. The molecule has 5 nitrogen and oxygen atoms in total. The number of halogens is 1. The maximum atomic E-state index is 13.7. The first-order valence-corrected chi connectivity index (χ1v) is 7.84. The van der Waals surface area contributed by atoms with Crippen molar-refractivity contribution in [3.05, 3.63) is 59.0 Å². The maximum Gasteiger partial charge on any atom is 0.251 e. The Hall–Kier alpha value is -2.76. The lowest BCUT2D eigenvalue weighted by atomic mass is 10.1. The zero-order chi connectivity index (χ0) is 17.5. The number of carbonyl (C=O) groups excluding carboxylic acids is 2. The lowest BCUT2D eigenvalue weighted by Crippen LogP contribution is -2.23. The molecule has 0 radical (unpaired) electrons. The third-order valence-electron chi connectivity index (χ3n) is 3.56. The Morgan fingerprint density at radius 3 is 2.62 bits per heavy atom. The van der Waals surface area contributed by atoms with Crippen LogP contribution in [0.5, 0.6) is 0 Å². The molecule has 0 aliphatic carbocycles. The second-order valence-electron chi connectivity index (χ2n) is 5.29. The molecule has 0 bridgehead atoms. The molecule has 0 spiro atoms. The topological polar surface area (TPSA) is 71.1 Å². The van der Waals surface area contributed by atoms with Crippen LogP contribution in [0.3, 0.4) is 0 Å². The molecule has 0 saturated carbocycles. The van der Waals surface area contributed by atoms with Gasteiger partial charge in [0.2, 0.25) is 5.91 Å². The van der Waals surface area contributed by atoms with E-state index in [2.05, 4.69) is 15.6 Å². The standard InChI is InChI=1S/C18H20FN3O2/c1-3-13-6-5-12(9-15(13)19)11-21-18(24)14-7-8-20-16(10-14)22-17(23)4-2/h5-10H,3-4,11H2,1-2H3,(H,21,24)(H,20,22,23). The van der Waals surface area contributed by atoms with Gasteiger partial charge in [-0.1, -0.05) is 26.0 Å². The zero-order valence-corrected chi connectivity index (χ0v) is 13.7. The van der Waals surface area contributed by atoms with E-state index in [9.17, 15) is 14.0 Å². The van der Waals surface area contributed by atoms with Crippen LogP contribution in [0.1, 0.15) is 41.8 Å². The van der Waals surface area contributed by atoms with Gasteiger partial charge in [0.1, 0.15) is 11.6 Å². The molecule has 1 heterocycles. The Balaban J connectivity index is 2.01. The number of rotatable bonds is 6. The van der Waals surface area contributed by atoms with Crippen LogP contribution in [0.4, 0.5) is 10.2 Å². The van der Waals surface area contributed by atoms with Crippen molar-refractivity contribution in [3.63, 3.8) is 0 Å². The fourth-order valence-electron chi connectivity index (χ4n) is 2.14. The number of anilines is 1. The number of pyridine rings is 1. The largest absolute Gasteiger partial charge is 0.348 e. The minimum atomic E-state index is -0.315. The summed E-state index contributed by atoms with van der Waals surface area (Å²) in [4.78, 5) is 27.6. The van der Waals surface area contributed by atoms with Crippen LogP contribution in [0, 0.1) is 5.82 Å². The number of nitrogens with one attached hydrogen (secondary N) is 2. The number of carbonyl (C=O) groups is 2. The molecule has 2 N–H and O–H groups in total. The highest BCUT2D eigenvalue weighted by Crippen LogP contribution is 2.12. The van der Waals surface area contributed by atoms with Gasteiger partial charge in [0.05, 0.1) is 0 Å². The van der Waals surface area contributed by atoms with Gasteiger partial charge in [-0.15, -0.1) is 0 Å². The lowest BCUT2D eigenvalue weighted by molar-refractivity contribution is -0.115. The summed E-state index contributed by atoms with van der Waals surface area (Å²) < 4.78 is 13.7. The second-order valence-corrected chi connectivity index (χ2v) is 5.29. The number of amides is 2. The van der Waals surface area contributed by atoms with Gasteiger partial charge in [-0.3, -0.25) is 9.59 Å². The van der Waals surface area contributed by atoms with Crippen LogP contribution in [0.2, 0.25) is 0 Å². The number of aryl methyl sites for hydroxylation is 1. The van der Waals surface area contributed by atoms with Gasteiger partial charge in [-0.05, 0) is 35.7 Å². The van der Waals surface area contributed by atoms with Crippen molar-refractivity contribution in [1.29, 1.82) is 0 Å². The zero-order valence-electron chi connectivity index (χ0n) is 13.7. The van der Waals surface area contributed by atoms with Gasteiger partial charge in [0.15, 0.2) is 0 Å². The molecule has 0 unspecified atom stereocenters. The van der Waals surface area contributed by atoms with Gasteiger partial charge >= 0.3 is 0 Å². The first kappa shape index (κ1) is 17.6. The molecule has 0 atom stereocenters. The highest BCUT2D eigenvalue weighted by atomic mass is 19.1. The molecule has 1 aromatic carbocycles. The minimum absolute atomic E-state index is 0.174. The van der Waals surface area contributed by atoms with Gasteiger partial charge < -0.3 is 10.6 Å². The Morgan fingerprint density at radius 1 is 1.17 bits per heavy atom. The van der Waals surface area contributed by atoms with Crippen LogP contribution in [-0.4, -0.2) is 16.8 Å². The summed E-state index contributed by atoms with van der Waals surface area (Å²) in [5, 5.41) is 5.33. The Labute approximate surface area is 140 Å². The number of aromatic nitrogens is 1. The molecule has 24 heavy (non-hydrogen) atoms. The van der Waals surface area contributed by atoms with Crippen LogP contribution in [-0.2, 0) is 17.8 Å². The van der Waals surface area contributed by atoms with Crippen molar-refractivity contribution in [2.45, 2.75) is 33.2 Å². The minimum Gasteiger partial charge on any atom is -0.348 e. The smallest absolute Gasteiger partial charge is 0.251 e. The molecule has 126 valence electrons. The van der Waals surface area contributed by atoms with Crippen LogP contribution in [0.25, 0.3) is 0 Å². The van der Waals surface area contributed by atoms with E-state index in [0.717, 1.165) is 0 Å². The molecular formula is C18H20FN3O2. The quantitative estimate of drug-likeness (QED) is 0.855. The van der Waals surface area contributed by atoms with Gasteiger partial charge in [-0.2, -0.15) is 0 Å². The first-order valence-electron chi connectivity index (χ1n) is 7.84. The van der Waals surface area contributed by atoms with Crippen molar-refractivity contribution in [1.82, 2.24) is 10.3 Å². The summed E-state index contributed by atoms with van der Waals surface area (Å²) in [5.74, 6) is -0.429. The summed E-state index contributed by atoms with van der Waals surface area (Å²) in [5.41, 5.74) is 1.71. The third kappa shape index (κ3) is 4.62. The summed E-state index contributed by atoms with van der Waals surface area (Å²) in [6, 6.07) is 8.00. The predicted octanol–water partition coefficient (Wildman–Crippen LogP) is 3.06. The molecule has 1 aromatic heterocycles. The van der Waals surface area contributed by atoms with Gasteiger partial charge in [0.25, 0.3) is 5.91 Å². The number of hydrogen-bond donors (Lipinski definition) is 2. The predicted molar refractivity (Wildman–Crippen MR) is 90.1 cm³/mol. The fraction of sp³-hybridized carbons (Fsp3) is 0.278. The summed E-state index contributed by atoms with van der Waals surface area (Å²) in [6.45, 7) is 3.84. The van der Waals surface area contributed by atoms with Crippen molar-refractivity contribution < 1.29 is 14.0 Å². The number of nitrogens with zero attached hydrogens (tertiary/aromatic N) is 1. The fourth-order valence-corrected chi connectivity index (χ4v) is 2.14. The van der Waals surface area contributed by atoms with Gasteiger partial charge in [-0.25, -0.2) is 9.37 Å². The normalized spacial score (nSPS) is 10.3. The van der Waals surface area contributed by atoms with E-state index in [1.807, 2.05) is 6.92 Å². The highest BCUT2D eigenvalue weighted by Gasteiger charge is 2.09. The van der Waals surface area contributed by atoms with Crippen LogP contribution >= 0.6 is 0 Å². The average Bonchev–Trinajstić information content (AvgIpc) is 2.59. The first-order chi connectivity index (χ1) is 11.5. The second kappa shape index (κ2) is 8.19. The van der Waals surface area contributed by atoms with E-state index in [1.54, 1.807) is 25.1 Å². The van der Waals surface area contributed by atoms with Crippen LogP contribution in [0.15, 0.2) is 36.5 Å². The van der Waals surface area contributed by atoms with Crippen molar-refractivity contribution >= 4 is 17.6 Å². The van der Waals surface area contributed by atoms with E-state index >= 15 is 0 Å². The van der Waals surface area contributed by atoms with Crippen LogP contribution < -0.4 is 10.6 Å². The summed E-state index contributed by atoms with van der Waals surface area (Å²) >= 11 is 0. The van der Waals surface area contributed by atoms with Crippen molar-refractivity contribution in [2.75, 3.05) is 5.32 Å². The molecule has 0 aliphatic rings. The molecule has 0 saturated heterocycles. The molecule has 0 aliphatic heterocycles.